The van der Waals surface area contributed by atoms with Crippen LogP contribution in [0, 0.1) is 0 Å². The average Bonchev–Trinajstić information content (AvgIpc) is 2.36. The van der Waals surface area contributed by atoms with E-state index in [9.17, 15) is 9.59 Å². The maximum Gasteiger partial charge on any atom is 0.344 e. The van der Waals surface area contributed by atoms with Gasteiger partial charge in [-0.05, 0) is 48.8 Å². The van der Waals surface area contributed by atoms with Crippen molar-refractivity contribution < 1.29 is 23.8 Å². The van der Waals surface area contributed by atoms with E-state index < -0.39 is 5.97 Å². The molecule has 0 aromatic heterocycles. The second-order valence-electron chi connectivity index (χ2n) is 4.21. The van der Waals surface area contributed by atoms with Crippen LogP contribution in [0.25, 0.3) is 0 Å². The van der Waals surface area contributed by atoms with Crippen LogP contribution in [0.1, 0.15) is 31.1 Å². The number of aldehydes is 1. The molecule has 1 aromatic carbocycles. The summed E-state index contributed by atoms with van der Waals surface area (Å²) >= 11 is 3.29. The van der Waals surface area contributed by atoms with Gasteiger partial charge in [-0.2, -0.15) is 0 Å². The van der Waals surface area contributed by atoms with Crippen molar-refractivity contribution in [1.29, 1.82) is 0 Å². The summed E-state index contributed by atoms with van der Waals surface area (Å²) in [5, 5.41) is 0. The highest BCUT2D eigenvalue weighted by atomic mass is 79.9. The molecule has 1 aromatic rings. The summed E-state index contributed by atoms with van der Waals surface area (Å²) in [4.78, 5) is 22.3. The second kappa shape index (κ2) is 7.89. The minimum absolute atomic E-state index is 0.196. The van der Waals surface area contributed by atoms with E-state index in [2.05, 4.69) is 15.9 Å². The number of halogens is 1. The first-order valence-corrected chi connectivity index (χ1v) is 7.01. The predicted molar refractivity (Wildman–Crippen MR) is 77.4 cm³/mol. The smallest absolute Gasteiger partial charge is 0.344 e. The van der Waals surface area contributed by atoms with Crippen LogP contribution in [0.4, 0.5) is 0 Å². The van der Waals surface area contributed by atoms with Gasteiger partial charge in [0.25, 0.3) is 0 Å². The Morgan fingerprint density at radius 2 is 2.05 bits per heavy atom. The van der Waals surface area contributed by atoms with Gasteiger partial charge in [-0.15, -0.1) is 0 Å². The van der Waals surface area contributed by atoms with Gasteiger partial charge in [-0.25, -0.2) is 4.79 Å². The van der Waals surface area contributed by atoms with Crippen LogP contribution >= 0.6 is 15.9 Å². The van der Waals surface area contributed by atoms with Crippen molar-refractivity contribution in [2.24, 2.45) is 0 Å². The normalized spacial score (nSPS) is 10.2. The number of carbonyl (C=O) groups is 2. The Labute approximate surface area is 126 Å². The number of hydrogen-bond acceptors (Lipinski definition) is 5. The monoisotopic (exact) mass is 344 g/mol. The van der Waals surface area contributed by atoms with Crippen LogP contribution in [0.5, 0.6) is 11.5 Å². The van der Waals surface area contributed by atoms with Crippen LogP contribution < -0.4 is 9.47 Å². The fourth-order valence-corrected chi connectivity index (χ4v) is 2.06. The number of hydrogen-bond donors (Lipinski definition) is 0. The van der Waals surface area contributed by atoms with E-state index >= 15 is 0 Å². The van der Waals surface area contributed by atoms with Crippen molar-refractivity contribution in [2.45, 2.75) is 26.9 Å². The topological polar surface area (TPSA) is 61.8 Å². The van der Waals surface area contributed by atoms with Gasteiger partial charge in [0.15, 0.2) is 18.1 Å². The zero-order chi connectivity index (χ0) is 15.1. The Bertz CT molecular complexity index is 485. The van der Waals surface area contributed by atoms with E-state index in [0.29, 0.717) is 34.4 Å². The largest absolute Gasteiger partial charge is 0.490 e. The third-order valence-electron chi connectivity index (χ3n) is 2.17. The van der Waals surface area contributed by atoms with Crippen molar-refractivity contribution in [2.75, 3.05) is 13.2 Å². The van der Waals surface area contributed by atoms with Gasteiger partial charge in [0, 0.05) is 5.56 Å². The number of ether oxygens (including phenoxy) is 3. The lowest BCUT2D eigenvalue weighted by Crippen LogP contribution is -2.19. The molecule has 0 spiro atoms. The van der Waals surface area contributed by atoms with Crippen molar-refractivity contribution in [3.63, 3.8) is 0 Å². The first-order valence-electron chi connectivity index (χ1n) is 6.21. The van der Waals surface area contributed by atoms with Gasteiger partial charge >= 0.3 is 5.97 Å². The van der Waals surface area contributed by atoms with Gasteiger partial charge in [-0.1, -0.05) is 0 Å². The highest BCUT2D eigenvalue weighted by Crippen LogP contribution is 2.36. The van der Waals surface area contributed by atoms with E-state index in [1.54, 1.807) is 26.0 Å². The molecule has 1 rings (SSSR count). The van der Waals surface area contributed by atoms with E-state index in [1.165, 1.54) is 0 Å². The molecule has 0 unspecified atom stereocenters. The van der Waals surface area contributed by atoms with Crippen LogP contribution in [0.15, 0.2) is 16.6 Å². The number of esters is 1. The van der Waals surface area contributed by atoms with E-state index in [0.717, 1.165) is 0 Å². The van der Waals surface area contributed by atoms with Gasteiger partial charge in [0.05, 0.1) is 17.2 Å². The standard InChI is InChI=1S/C14H17BrO5/c1-4-18-12-6-10(7-16)5-11(15)14(12)19-8-13(17)20-9(2)3/h5-7,9H,4,8H2,1-3H3. The molecule has 0 heterocycles. The van der Waals surface area contributed by atoms with Crippen LogP contribution in [-0.4, -0.2) is 31.6 Å². The molecule has 0 aliphatic heterocycles. The third-order valence-corrected chi connectivity index (χ3v) is 2.76. The van der Waals surface area contributed by atoms with Crippen LogP contribution in [-0.2, 0) is 9.53 Å². The Hall–Kier alpha value is -1.56. The predicted octanol–water partition coefficient (Wildman–Crippen LogP) is 2.99. The summed E-state index contributed by atoms with van der Waals surface area (Å²) in [6.45, 7) is 5.54. The number of benzene rings is 1. The molecule has 0 atom stereocenters. The summed E-state index contributed by atoms with van der Waals surface area (Å²) in [5.41, 5.74) is 0.456. The SMILES string of the molecule is CCOc1cc(C=O)cc(Br)c1OCC(=O)OC(C)C. The molecular formula is C14H17BrO5. The molecule has 0 amide bonds. The molecule has 0 N–H and O–H groups in total. The van der Waals surface area contributed by atoms with Crippen LogP contribution in [0.2, 0.25) is 0 Å². The van der Waals surface area contributed by atoms with Crippen molar-refractivity contribution in [1.82, 2.24) is 0 Å². The molecule has 0 radical (unpaired) electrons. The Morgan fingerprint density at radius 1 is 1.35 bits per heavy atom. The van der Waals surface area contributed by atoms with Crippen LogP contribution in [0.3, 0.4) is 0 Å². The lowest BCUT2D eigenvalue weighted by Gasteiger charge is -2.14. The maximum absolute atomic E-state index is 11.5. The second-order valence-corrected chi connectivity index (χ2v) is 5.06. The Morgan fingerprint density at radius 3 is 2.60 bits per heavy atom. The van der Waals surface area contributed by atoms with Gasteiger partial charge in [0.1, 0.15) is 6.29 Å². The maximum atomic E-state index is 11.5. The van der Waals surface area contributed by atoms with Crippen molar-refractivity contribution >= 4 is 28.2 Å². The highest BCUT2D eigenvalue weighted by Gasteiger charge is 2.15. The van der Waals surface area contributed by atoms with E-state index in [1.807, 2.05) is 6.92 Å². The molecule has 0 bridgehead atoms. The minimum Gasteiger partial charge on any atom is -0.490 e. The summed E-state index contributed by atoms with van der Waals surface area (Å²) < 4.78 is 16.4. The fraction of sp³-hybridized carbons (Fsp3) is 0.429. The molecule has 110 valence electrons. The van der Waals surface area contributed by atoms with Gasteiger partial charge in [-0.3, -0.25) is 4.79 Å². The molecule has 6 heteroatoms. The molecule has 0 saturated heterocycles. The van der Waals surface area contributed by atoms with Crippen molar-refractivity contribution in [3.05, 3.63) is 22.2 Å². The fourth-order valence-electron chi connectivity index (χ4n) is 1.49. The number of carbonyl (C=O) groups excluding carboxylic acids is 2. The summed E-state index contributed by atoms with van der Waals surface area (Å²) in [6.07, 6.45) is 0.516. The molecule has 0 aliphatic carbocycles. The minimum atomic E-state index is -0.464. The molecule has 5 nitrogen and oxygen atoms in total. The molecular weight excluding hydrogens is 328 g/mol. The third kappa shape index (κ3) is 4.85. The van der Waals surface area contributed by atoms with E-state index in [4.69, 9.17) is 14.2 Å². The van der Waals surface area contributed by atoms with E-state index in [-0.39, 0.29) is 12.7 Å². The lowest BCUT2D eigenvalue weighted by atomic mass is 10.2. The summed E-state index contributed by atoms with van der Waals surface area (Å²) in [6, 6.07) is 3.16. The molecule has 0 saturated carbocycles. The molecule has 0 fully saturated rings. The van der Waals surface area contributed by atoms with Gasteiger partial charge in [0.2, 0.25) is 0 Å². The lowest BCUT2D eigenvalue weighted by molar-refractivity contribution is -0.149. The highest BCUT2D eigenvalue weighted by molar-refractivity contribution is 9.10. The zero-order valence-corrected chi connectivity index (χ0v) is 13.2. The van der Waals surface area contributed by atoms with Crippen molar-refractivity contribution in [3.8, 4) is 11.5 Å². The Kier molecular flexibility index (Phi) is 6.51. The Balaban J connectivity index is 2.87. The number of rotatable bonds is 7. The quantitative estimate of drug-likeness (QED) is 0.562. The first kappa shape index (κ1) is 16.5. The summed E-state index contributed by atoms with van der Waals surface area (Å²) in [5.74, 6) is 0.313. The first-order chi connectivity index (χ1) is 9.47. The average molecular weight is 345 g/mol. The summed E-state index contributed by atoms with van der Waals surface area (Å²) in [7, 11) is 0. The molecule has 20 heavy (non-hydrogen) atoms. The van der Waals surface area contributed by atoms with Gasteiger partial charge < -0.3 is 14.2 Å². The molecule has 0 aliphatic rings. The zero-order valence-electron chi connectivity index (χ0n) is 11.6.